The van der Waals surface area contributed by atoms with Gasteiger partial charge in [0.1, 0.15) is 11.6 Å². The van der Waals surface area contributed by atoms with Gasteiger partial charge in [0.05, 0.1) is 11.3 Å². The van der Waals surface area contributed by atoms with Crippen molar-refractivity contribution in [1.82, 2.24) is 5.16 Å². The fourth-order valence-electron chi connectivity index (χ4n) is 2.53. The summed E-state index contributed by atoms with van der Waals surface area (Å²) in [6.07, 6.45) is -0.991. The first-order valence-electron chi connectivity index (χ1n) is 8.59. The third kappa shape index (κ3) is 4.86. The van der Waals surface area contributed by atoms with Gasteiger partial charge in [0.25, 0.3) is 0 Å². The largest absolute Gasteiger partial charge is 0.451 e. The summed E-state index contributed by atoms with van der Waals surface area (Å²) in [6, 6.07) is 14.0. The van der Waals surface area contributed by atoms with Gasteiger partial charge >= 0.3 is 5.97 Å². The fourth-order valence-corrected chi connectivity index (χ4v) is 3.45. The first kappa shape index (κ1) is 19.8. The maximum absolute atomic E-state index is 13.0. The Bertz CT molecular complexity index is 984. The number of carbonyl (C=O) groups is 2. The maximum atomic E-state index is 13.0. The second kappa shape index (κ2) is 8.84. The normalized spacial score (nSPS) is 11.8. The van der Waals surface area contributed by atoms with Crippen molar-refractivity contribution in [3.8, 4) is 0 Å². The van der Waals surface area contributed by atoms with Gasteiger partial charge in [-0.2, -0.15) is 0 Å². The number of rotatable bonds is 7. The molecule has 0 aliphatic heterocycles. The minimum absolute atomic E-state index is 0.283. The molecule has 0 aliphatic carbocycles. The molecule has 0 N–H and O–H groups in total. The van der Waals surface area contributed by atoms with Gasteiger partial charge in [-0.1, -0.05) is 17.3 Å². The first-order chi connectivity index (χ1) is 13.4. The highest BCUT2D eigenvalue weighted by Crippen LogP contribution is 2.27. The molecular weight excluding hydrogens is 381 g/mol. The van der Waals surface area contributed by atoms with Crippen LogP contribution in [0, 0.1) is 12.7 Å². The highest BCUT2D eigenvalue weighted by Gasteiger charge is 2.22. The van der Waals surface area contributed by atoms with Crippen molar-refractivity contribution in [3.63, 3.8) is 0 Å². The third-order valence-corrected chi connectivity index (χ3v) is 5.05. The summed E-state index contributed by atoms with van der Waals surface area (Å²) in [4.78, 5) is 25.7. The van der Waals surface area contributed by atoms with Gasteiger partial charge in [0.15, 0.2) is 6.10 Å². The van der Waals surface area contributed by atoms with Crippen LogP contribution in [0.5, 0.6) is 0 Å². The molecule has 1 heterocycles. The van der Waals surface area contributed by atoms with Crippen LogP contribution >= 0.6 is 11.8 Å². The van der Waals surface area contributed by atoms with E-state index in [9.17, 15) is 14.0 Å². The predicted octanol–water partition coefficient (Wildman–Crippen LogP) is 4.84. The van der Waals surface area contributed by atoms with Crippen LogP contribution in [0.3, 0.4) is 0 Å². The molecule has 0 spiro atoms. The van der Waals surface area contributed by atoms with Crippen molar-refractivity contribution in [2.24, 2.45) is 0 Å². The van der Waals surface area contributed by atoms with Crippen molar-refractivity contribution in [1.29, 1.82) is 0 Å². The maximum Gasteiger partial charge on any atom is 0.339 e. The molecule has 2 aromatic carbocycles. The van der Waals surface area contributed by atoms with Gasteiger partial charge < -0.3 is 9.26 Å². The zero-order valence-corrected chi connectivity index (χ0v) is 16.2. The predicted molar refractivity (Wildman–Crippen MR) is 103 cm³/mol. The molecule has 0 saturated carbocycles. The van der Waals surface area contributed by atoms with Gasteiger partial charge in [0, 0.05) is 22.3 Å². The molecule has 28 heavy (non-hydrogen) atoms. The lowest BCUT2D eigenvalue weighted by atomic mass is 10.1. The van der Waals surface area contributed by atoms with Crippen LogP contribution in [0.1, 0.15) is 39.1 Å². The molecule has 0 radical (unpaired) electrons. The van der Waals surface area contributed by atoms with E-state index < -0.39 is 23.7 Å². The number of benzene rings is 2. The first-order valence-corrected chi connectivity index (χ1v) is 9.57. The molecule has 0 amide bonds. The van der Waals surface area contributed by atoms with E-state index in [1.54, 1.807) is 18.2 Å². The summed E-state index contributed by atoms with van der Waals surface area (Å²) in [5.74, 6) is -0.170. The molecule has 144 valence electrons. The minimum Gasteiger partial charge on any atom is -0.451 e. The fraction of sp³-hybridized carbons (Fsp3) is 0.190. The molecule has 5 nitrogen and oxygen atoms in total. The Kier molecular flexibility index (Phi) is 6.26. The number of halogens is 1. The Morgan fingerprint density at radius 3 is 2.57 bits per heavy atom. The molecule has 0 bridgehead atoms. The number of hydrogen-bond acceptors (Lipinski definition) is 6. The average molecular weight is 399 g/mol. The zero-order chi connectivity index (χ0) is 20.1. The molecule has 7 heteroatoms. The van der Waals surface area contributed by atoms with E-state index in [1.165, 1.54) is 43.0 Å². The van der Waals surface area contributed by atoms with Crippen molar-refractivity contribution >= 4 is 23.5 Å². The topological polar surface area (TPSA) is 69.4 Å². The monoisotopic (exact) mass is 399 g/mol. The molecule has 0 fully saturated rings. The van der Waals surface area contributed by atoms with Gasteiger partial charge in [-0.3, -0.25) is 4.79 Å². The van der Waals surface area contributed by atoms with Crippen LogP contribution in [-0.2, 0) is 10.5 Å². The van der Waals surface area contributed by atoms with E-state index in [4.69, 9.17) is 9.26 Å². The van der Waals surface area contributed by atoms with E-state index in [2.05, 4.69) is 5.16 Å². The smallest absolute Gasteiger partial charge is 0.339 e. The van der Waals surface area contributed by atoms with E-state index in [0.29, 0.717) is 11.3 Å². The Labute approximate surface area is 165 Å². The number of carbonyl (C=O) groups excluding carboxylic acids is 2. The summed E-state index contributed by atoms with van der Waals surface area (Å²) < 4.78 is 23.4. The van der Waals surface area contributed by atoms with Crippen LogP contribution in [0.2, 0.25) is 0 Å². The Balaban J connectivity index is 1.68. The molecule has 1 aromatic heterocycles. The molecule has 0 unspecified atom stereocenters. The summed E-state index contributed by atoms with van der Waals surface area (Å²) >= 11 is 1.43. The molecule has 1 atom stereocenters. The lowest BCUT2D eigenvalue weighted by molar-refractivity contribution is 0.0315. The number of aryl methyl sites for hydroxylation is 1. The van der Waals surface area contributed by atoms with Crippen molar-refractivity contribution < 1.29 is 23.2 Å². The minimum atomic E-state index is -0.991. The van der Waals surface area contributed by atoms with E-state index in [-0.39, 0.29) is 5.56 Å². The highest BCUT2D eigenvalue weighted by atomic mass is 32.2. The third-order valence-electron chi connectivity index (χ3n) is 3.94. The van der Waals surface area contributed by atoms with E-state index >= 15 is 0 Å². The lowest BCUT2D eigenvalue weighted by Gasteiger charge is -2.14. The molecule has 3 rings (SSSR count). The number of ether oxygens (including phenoxy) is 1. The van der Waals surface area contributed by atoms with Gasteiger partial charge in [-0.15, -0.1) is 11.8 Å². The molecule has 0 saturated heterocycles. The second-order valence-electron chi connectivity index (χ2n) is 6.13. The van der Waals surface area contributed by atoms with Crippen LogP contribution in [0.15, 0.2) is 64.0 Å². The van der Waals surface area contributed by atoms with Gasteiger partial charge in [-0.05, 0) is 50.2 Å². The van der Waals surface area contributed by atoms with Crippen molar-refractivity contribution in [3.05, 3.63) is 83.0 Å². The SMILES string of the molecule is Cc1cc(CSc2ccccc2C(=O)O[C@H](C)C(=O)c2ccc(F)cc2)no1. The molecular formula is C21H18FNO4S. The summed E-state index contributed by atoms with van der Waals surface area (Å²) in [5, 5.41) is 3.93. The lowest BCUT2D eigenvalue weighted by Crippen LogP contribution is -2.24. The molecule has 3 aromatic rings. The molecule has 0 aliphatic rings. The second-order valence-corrected chi connectivity index (χ2v) is 7.15. The van der Waals surface area contributed by atoms with Crippen LogP contribution in [0.4, 0.5) is 4.39 Å². The Morgan fingerprint density at radius 2 is 1.89 bits per heavy atom. The van der Waals surface area contributed by atoms with Crippen LogP contribution in [-0.4, -0.2) is 23.0 Å². The standard InChI is InChI=1S/C21H18FNO4S/c1-13-11-17(23-27-13)12-28-19-6-4-3-5-18(19)21(25)26-14(2)20(24)15-7-9-16(22)10-8-15/h3-11,14H,12H2,1-2H3/t14-/m1/s1. The van der Waals surface area contributed by atoms with Crippen molar-refractivity contribution in [2.75, 3.05) is 0 Å². The van der Waals surface area contributed by atoms with E-state index in [1.807, 2.05) is 19.1 Å². The van der Waals surface area contributed by atoms with Gasteiger partial charge in [0.2, 0.25) is 5.78 Å². The number of ketones is 1. The number of Topliss-reactive ketones (excluding diaryl/α,β-unsaturated/α-hetero) is 1. The van der Waals surface area contributed by atoms with E-state index in [0.717, 1.165) is 16.3 Å². The summed E-state index contributed by atoms with van der Waals surface area (Å²) in [7, 11) is 0. The number of aromatic nitrogens is 1. The highest BCUT2D eigenvalue weighted by molar-refractivity contribution is 7.98. The summed E-state index contributed by atoms with van der Waals surface area (Å²) in [5.41, 5.74) is 1.42. The number of thioether (sulfide) groups is 1. The zero-order valence-electron chi connectivity index (χ0n) is 15.3. The number of hydrogen-bond donors (Lipinski definition) is 0. The van der Waals surface area contributed by atoms with Crippen LogP contribution < -0.4 is 0 Å². The van der Waals surface area contributed by atoms with Crippen LogP contribution in [0.25, 0.3) is 0 Å². The quantitative estimate of drug-likeness (QED) is 0.322. The van der Waals surface area contributed by atoms with Gasteiger partial charge in [-0.25, -0.2) is 9.18 Å². The Morgan fingerprint density at radius 1 is 1.18 bits per heavy atom. The average Bonchev–Trinajstić information content (AvgIpc) is 3.11. The number of nitrogens with zero attached hydrogens (tertiary/aromatic N) is 1. The Hall–Kier alpha value is -2.93. The summed E-state index contributed by atoms with van der Waals surface area (Å²) in [6.45, 7) is 3.31. The van der Waals surface area contributed by atoms with Crippen molar-refractivity contribution in [2.45, 2.75) is 30.6 Å². The number of esters is 1.